The number of H-pyrrole nitrogens is 1. The molecule has 1 heterocycles. The average molecular weight is 414 g/mol. The highest BCUT2D eigenvalue weighted by molar-refractivity contribution is 5.88. The lowest BCUT2D eigenvalue weighted by Crippen LogP contribution is -2.45. The molecule has 5 heteroatoms. The van der Waals surface area contributed by atoms with Crippen LogP contribution in [0.5, 0.6) is 0 Å². The number of aromatic amines is 1. The third kappa shape index (κ3) is 8.60. The van der Waals surface area contributed by atoms with Gasteiger partial charge in [0.15, 0.2) is 0 Å². The number of carbonyl (C=O) groups is 2. The molecule has 0 aliphatic heterocycles. The van der Waals surface area contributed by atoms with Crippen molar-refractivity contribution < 1.29 is 9.59 Å². The average Bonchev–Trinajstić information content (AvgIpc) is 3.14. The first kappa shape index (κ1) is 24.0. The molecular weight excluding hydrogens is 374 g/mol. The van der Waals surface area contributed by atoms with Gasteiger partial charge in [-0.2, -0.15) is 0 Å². The Morgan fingerprint density at radius 1 is 0.933 bits per heavy atom. The van der Waals surface area contributed by atoms with Gasteiger partial charge in [-0.15, -0.1) is 0 Å². The first-order valence-electron chi connectivity index (χ1n) is 11.8. The number of hydrogen-bond acceptors (Lipinski definition) is 2. The number of nitrogens with one attached hydrogen (secondary N) is 2. The van der Waals surface area contributed by atoms with Gasteiger partial charge in [0.25, 0.3) is 0 Å². The minimum Gasteiger partial charge on any atom is -0.368 e. The molecule has 0 bridgehead atoms. The van der Waals surface area contributed by atoms with E-state index in [9.17, 15) is 9.59 Å². The van der Waals surface area contributed by atoms with E-state index in [0.29, 0.717) is 12.8 Å². The van der Waals surface area contributed by atoms with E-state index in [1.165, 1.54) is 57.8 Å². The molecule has 1 atom stereocenters. The zero-order valence-corrected chi connectivity index (χ0v) is 18.6. The highest BCUT2D eigenvalue weighted by Crippen LogP contribution is 2.19. The predicted octanol–water partition coefficient (Wildman–Crippen LogP) is 5.38. The fourth-order valence-corrected chi connectivity index (χ4v) is 3.96. The third-order valence-corrected chi connectivity index (χ3v) is 5.79. The van der Waals surface area contributed by atoms with Gasteiger partial charge in [-0.3, -0.25) is 9.59 Å². The van der Waals surface area contributed by atoms with Gasteiger partial charge < -0.3 is 16.0 Å². The van der Waals surface area contributed by atoms with Gasteiger partial charge in [0.05, 0.1) is 0 Å². The lowest BCUT2D eigenvalue weighted by Gasteiger charge is -2.15. The van der Waals surface area contributed by atoms with Gasteiger partial charge in [0.2, 0.25) is 11.8 Å². The van der Waals surface area contributed by atoms with Crippen molar-refractivity contribution in [3.8, 4) is 0 Å². The number of benzene rings is 1. The molecule has 5 nitrogen and oxygen atoms in total. The van der Waals surface area contributed by atoms with E-state index in [-0.39, 0.29) is 5.91 Å². The number of amides is 2. The van der Waals surface area contributed by atoms with Crippen molar-refractivity contribution >= 4 is 22.7 Å². The maximum absolute atomic E-state index is 12.3. The standard InChI is InChI=1S/C25H39N3O2/c1-2-3-4-5-6-7-8-9-10-11-12-17-24(29)28-23(25(26)30)18-20-19-27-22-16-14-13-15-21(20)22/h13-16,19,23,27H,2-12,17-18H2,1H3,(H2,26,30)(H,28,29)/t23-/m0/s1. The number of carbonyl (C=O) groups excluding carboxylic acids is 2. The summed E-state index contributed by atoms with van der Waals surface area (Å²) >= 11 is 0. The molecule has 0 unspecified atom stereocenters. The Morgan fingerprint density at radius 2 is 1.53 bits per heavy atom. The smallest absolute Gasteiger partial charge is 0.240 e. The van der Waals surface area contributed by atoms with Crippen LogP contribution >= 0.6 is 0 Å². The molecule has 1 aromatic heterocycles. The third-order valence-electron chi connectivity index (χ3n) is 5.79. The van der Waals surface area contributed by atoms with E-state index in [1.807, 2.05) is 30.5 Å². The second-order valence-electron chi connectivity index (χ2n) is 8.37. The van der Waals surface area contributed by atoms with Crippen LogP contribution in [0.25, 0.3) is 10.9 Å². The molecule has 4 N–H and O–H groups in total. The first-order valence-corrected chi connectivity index (χ1v) is 11.8. The van der Waals surface area contributed by atoms with Crippen LogP contribution in [0.15, 0.2) is 30.5 Å². The molecule has 2 aromatic rings. The number of aromatic nitrogens is 1. The summed E-state index contributed by atoms with van der Waals surface area (Å²) in [5.74, 6) is -0.581. The molecular formula is C25H39N3O2. The van der Waals surface area contributed by atoms with Gasteiger partial charge in [-0.05, 0) is 18.1 Å². The van der Waals surface area contributed by atoms with Crippen molar-refractivity contribution in [2.45, 2.75) is 96.4 Å². The number of rotatable bonds is 16. The van der Waals surface area contributed by atoms with Gasteiger partial charge in [0, 0.05) is 29.9 Å². The van der Waals surface area contributed by atoms with Crippen LogP contribution in [-0.4, -0.2) is 22.8 Å². The highest BCUT2D eigenvalue weighted by Gasteiger charge is 2.20. The Kier molecular flexibility index (Phi) is 11.1. The van der Waals surface area contributed by atoms with Crippen molar-refractivity contribution in [2.24, 2.45) is 5.73 Å². The van der Waals surface area contributed by atoms with Gasteiger partial charge in [0.1, 0.15) is 6.04 Å². The van der Waals surface area contributed by atoms with Crippen LogP contribution < -0.4 is 11.1 Å². The summed E-state index contributed by atoms with van der Waals surface area (Å²) in [7, 11) is 0. The molecule has 1 aromatic carbocycles. The molecule has 0 aliphatic carbocycles. The zero-order valence-electron chi connectivity index (χ0n) is 18.6. The summed E-state index contributed by atoms with van der Waals surface area (Å²) in [6.07, 6.45) is 16.5. The largest absolute Gasteiger partial charge is 0.368 e. The maximum atomic E-state index is 12.3. The number of nitrogens with two attached hydrogens (primary N) is 1. The molecule has 0 radical (unpaired) electrons. The van der Waals surface area contributed by atoms with Crippen molar-refractivity contribution in [3.63, 3.8) is 0 Å². The summed E-state index contributed by atoms with van der Waals surface area (Å²) in [6.45, 7) is 2.25. The Morgan fingerprint density at radius 3 is 2.17 bits per heavy atom. The summed E-state index contributed by atoms with van der Waals surface area (Å²) in [4.78, 5) is 27.3. The van der Waals surface area contributed by atoms with Crippen molar-refractivity contribution in [2.75, 3.05) is 0 Å². The lowest BCUT2D eigenvalue weighted by molar-refractivity contribution is -0.127. The van der Waals surface area contributed by atoms with E-state index in [2.05, 4.69) is 17.2 Å². The topological polar surface area (TPSA) is 88.0 Å². The van der Waals surface area contributed by atoms with Gasteiger partial charge in [-0.1, -0.05) is 89.3 Å². The van der Waals surface area contributed by atoms with E-state index in [0.717, 1.165) is 29.3 Å². The molecule has 0 saturated carbocycles. The molecule has 0 aliphatic rings. The summed E-state index contributed by atoms with van der Waals surface area (Å²) < 4.78 is 0. The Bertz CT molecular complexity index is 769. The van der Waals surface area contributed by atoms with Crippen LogP contribution in [0.1, 0.15) is 89.5 Å². The van der Waals surface area contributed by atoms with Crippen LogP contribution in [0.4, 0.5) is 0 Å². The second-order valence-corrected chi connectivity index (χ2v) is 8.37. The minimum absolute atomic E-state index is 0.0884. The molecule has 166 valence electrons. The summed E-state index contributed by atoms with van der Waals surface area (Å²) in [5, 5.41) is 3.89. The van der Waals surface area contributed by atoms with Crippen LogP contribution in [-0.2, 0) is 16.0 Å². The van der Waals surface area contributed by atoms with E-state index >= 15 is 0 Å². The Hall–Kier alpha value is -2.30. The van der Waals surface area contributed by atoms with Crippen molar-refractivity contribution in [3.05, 3.63) is 36.0 Å². The van der Waals surface area contributed by atoms with Crippen LogP contribution in [0.2, 0.25) is 0 Å². The molecule has 2 amide bonds. The molecule has 30 heavy (non-hydrogen) atoms. The lowest BCUT2D eigenvalue weighted by atomic mass is 10.0. The summed E-state index contributed by atoms with van der Waals surface area (Å²) in [6, 6.07) is 7.24. The maximum Gasteiger partial charge on any atom is 0.240 e. The fraction of sp³-hybridized carbons (Fsp3) is 0.600. The number of hydrogen-bond donors (Lipinski definition) is 3. The minimum atomic E-state index is -0.676. The van der Waals surface area contributed by atoms with Crippen LogP contribution in [0, 0.1) is 0 Å². The summed E-state index contributed by atoms with van der Waals surface area (Å²) in [5.41, 5.74) is 7.55. The van der Waals surface area contributed by atoms with Crippen LogP contribution in [0.3, 0.4) is 0 Å². The fourth-order valence-electron chi connectivity index (χ4n) is 3.96. The number of unbranched alkanes of at least 4 members (excludes halogenated alkanes) is 10. The predicted molar refractivity (Wildman–Crippen MR) is 124 cm³/mol. The van der Waals surface area contributed by atoms with E-state index in [1.54, 1.807) is 0 Å². The quantitative estimate of drug-likeness (QED) is 0.323. The number of primary amides is 1. The molecule has 0 fully saturated rings. The van der Waals surface area contributed by atoms with Gasteiger partial charge >= 0.3 is 0 Å². The molecule has 0 spiro atoms. The van der Waals surface area contributed by atoms with Crippen molar-refractivity contribution in [1.29, 1.82) is 0 Å². The monoisotopic (exact) mass is 413 g/mol. The normalized spacial score (nSPS) is 12.2. The number of fused-ring (bicyclic) bond motifs is 1. The highest BCUT2D eigenvalue weighted by atomic mass is 16.2. The van der Waals surface area contributed by atoms with E-state index < -0.39 is 11.9 Å². The Balaban J connectivity index is 1.61. The second kappa shape index (κ2) is 13.8. The van der Waals surface area contributed by atoms with Crippen molar-refractivity contribution in [1.82, 2.24) is 10.3 Å². The molecule has 2 rings (SSSR count). The van der Waals surface area contributed by atoms with E-state index in [4.69, 9.17) is 5.73 Å². The number of para-hydroxylation sites is 1. The Labute approximate surface area is 181 Å². The zero-order chi connectivity index (χ0) is 21.6. The molecule has 0 saturated heterocycles. The van der Waals surface area contributed by atoms with Gasteiger partial charge in [-0.25, -0.2) is 0 Å². The SMILES string of the molecule is CCCCCCCCCCCCCC(=O)N[C@@H](Cc1c[nH]c2ccccc12)C(N)=O. The first-order chi connectivity index (χ1) is 14.6.